The molecule has 0 atom stereocenters. The van der Waals surface area contributed by atoms with Crippen molar-refractivity contribution < 1.29 is 0 Å². The van der Waals surface area contributed by atoms with Gasteiger partial charge in [0.1, 0.15) is 0 Å². The van der Waals surface area contributed by atoms with Gasteiger partial charge < -0.3 is 0 Å². The molecule has 0 amide bonds. The van der Waals surface area contributed by atoms with Crippen molar-refractivity contribution in [1.29, 1.82) is 0 Å². The van der Waals surface area contributed by atoms with Crippen LogP contribution in [0.1, 0.15) is 161 Å². The fraction of sp³-hybridized carbons (Fsp3) is 1.00. The van der Waals surface area contributed by atoms with Crippen LogP contribution in [0.4, 0.5) is 0 Å². The quantitative estimate of drug-likeness (QED) is 0.212. The molecule has 0 radical (unpaired) electrons. The third kappa shape index (κ3) is 4.09. The van der Waals surface area contributed by atoms with E-state index in [1.807, 2.05) is 0 Å². The van der Waals surface area contributed by atoms with Gasteiger partial charge in [0.2, 0.25) is 0 Å². The molecule has 0 bridgehead atoms. The average Bonchev–Trinajstić information content (AvgIpc) is 3.68. The molecule has 0 saturated heterocycles. The standard InChI is InChI=1S/C32H59ClP2/c1-32(33,34(26-14-2-3-15-26,27-16-4-5-17-27)28-18-6-7-19-28)35(29-20-8-9-21-29,30-22-10-11-23-30)31-24-12-13-25-31/h26-31,34-35H,2-25H2,1H3. The van der Waals surface area contributed by atoms with E-state index in [9.17, 15) is 0 Å². The first-order valence-corrected chi connectivity index (χ1v) is 21.7. The fourth-order valence-electron chi connectivity index (χ4n) is 13.1. The van der Waals surface area contributed by atoms with Crippen LogP contribution in [-0.2, 0) is 0 Å². The molecular formula is C32H59ClP2. The van der Waals surface area contributed by atoms with Crippen molar-refractivity contribution in [1.82, 2.24) is 0 Å². The summed E-state index contributed by atoms with van der Waals surface area (Å²) in [4.78, 5) is 0. The summed E-state index contributed by atoms with van der Waals surface area (Å²) in [6, 6.07) is 0. The predicted octanol–water partition coefficient (Wildman–Crippen LogP) is 11.1. The van der Waals surface area contributed by atoms with E-state index in [0.29, 0.717) is 0 Å². The number of halogens is 1. The van der Waals surface area contributed by atoms with Gasteiger partial charge in [-0.05, 0) is 0 Å². The maximum atomic E-state index is 8.99. The predicted molar refractivity (Wildman–Crippen MR) is 164 cm³/mol. The fourth-order valence-corrected chi connectivity index (χ4v) is 39.3. The molecule has 6 fully saturated rings. The molecule has 0 spiro atoms. The van der Waals surface area contributed by atoms with Crippen LogP contribution < -0.4 is 0 Å². The Hall–Kier alpha value is 1.15. The van der Waals surface area contributed by atoms with Crippen molar-refractivity contribution in [3.63, 3.8) is 0 Å². The first kappa shape index (κ1) is 26.4. The van der Waals surface area contributed by atoms with Gasteiger partial charge in [0.15, 0.2) is 0 Å². The first-order valence-electron chi connectivity index (χ1n) is 16.8. The van der Waals surface area contributed by atoms with Crippen molar-refractivity contribution in [2.45, 2.75) is 199 Å². The van der Waals surface area contributed by atoms with Crippen LogP contribution in [0.3, 0.4) is 0 Å². The Morgan fingerprint density at radius 2 is 0.514 bits per heavy atom. The molecule has 0 aliphatic heterocycles. The second kappa shape index (κ2) is 11.0. The Morgan fingerprint density at radius 1 is 0.371 bits per heavy atom. The van der Waals surface area contributed by atoms with Crippen molar-refractivity contribution >= 4 is 26.1 Å². The molecule has 0 unspecified atom stereocenters. The number of hydrogen-bond acceptors (Lipinski definition) is 0. The Morgan fingerprint density at radius 3 is 0.657 bits per heavy atom. The first-order chi connectivity index (χ1) is 17.1. The van der Waals surface area contributed by atoms with E-state index in [-0.39, 0.29) is 4.36 Å². The Balaban J connectivity index is 1.57. The molecule has 3 heteroatoms. The van der Waals surface area contributed by atoms with Gasteiger partial charge >= 0.3 is 225 Å². The van der Waals surface area contributed by atoms with Gasteiger partial charge in [-0.2, -0.15) is 0 Å². The SMILES string of the molecule is CC(Cl)([PH](C1CCCC1)(C1CCCC1)C1CCCC1)[PH](C1CCCC1)(C1CCCC1)C1CCCC1. The number of hydrogen-bond donors (Lipinski definition) is 0. The molecule has 204 valence electrons. The molecule has 6 aliphatic carbocycles. The van der Waals surface area contributed by atoms with Crippen molar-refractivity contribution in [2.75, 3.05) is 0 Å². The summed E-state index contributed by atoms with van der Waals surface area (Å²) >= 11 is 8.99. The normalized spacial score (nSPS) is 32.3. The van der Waals surface area contributed by atoms with Crippen LogP contribution in [0.5, 0.6) is 0 Å². The van der Waals surface area contributed by atoms with Crippen molar-refractivity contribution in [3.8, 4) is 0 Å². The molecule has 6 rings (SSSR count). The van der Waals surface area contributed by atoms with Gasteiger partial charge in [-0.25, -0.2) is 0 Å². The van der Waals surface area contributed by atoms with E-state index in [2.05, 4.69) is 6.92 Å². The molecule has 0 aromatic carbocycles. The third-order valence-corrected chi connectivity index (χ3v) is 33.2. The molecule has 35 heavy (non-hydrogen) atoms. The molecule has 0 N–H and O–H groups in total. The summed E-state index contributed by atoms with van der Waals surface area (Å²) < 4.78 is 0.262. The van der Waals surface area contributed by atoms with Crippen LogP contribution >= 0.6 is 26.1 Å². The van der Waals surface area contributed by atoms with E-state index < -0.39 is 14.5 Å². The van der Waals surface area contributed by atoms with E-state index in [4.69, 9.17) is 11.6 Å². The van der Waals surface area contributed by atoms with Gasteiger partial charge in [0.05, 0.1) is 0 Å². The van der Waals surface area contributed by atoms with E-state index in [1.54, 1.807) is 77.0 Å². The van der Waals surface area contributed by atoms with Crippen molar-refractivity contribution in [2.24, 2.45) is 0 Å². The summed E-state index contributed by atoms with van der Waals surface area (Å²) in [5.41, 5.74) is 6.54. The summed E-state index contributed by atoms with van der Waals surface area (Å²) in [6.45, 7) is 2.90. The zero-order valence-electron chi connectivity index (χ0n) is 23.3. The Kier molecular flexibility index (Phi) is 8.26. The summed E-state index contributed by atoms with van der Waals surface area (Å²) in [7, 11) is -3.47. The second-order valence-corrected chi connectivity index (χ2v) is 27.3. The van der Waals surface area contributed by atoms with Crippen molar-refractivity contribution in [3.05, 3.63) is 0 Å². The minimum atomic E-state index is -1.73. The van der Waals surface area contributed by atoms with Crippen LogP contribution in [0.15, 0.2) is 0 Å². The molecule has 6 saturated carbocycles. The molecular weight excluding hydrogens is 482 g/mol. The molecule has 0 heterocycles. The molecule has 0 nitrogen and oxygen atoms in total. The van der Waals surface area contributed by atoms with Crippen LogP contribution in [-0.4, -0.2) is 38.3 Å². The topological polar surface area (TPSA) is 0 Å². The minimum absolute atomic E-state index is 0.262. The van der Waals surface area contributed by atoms with Gasteiger partial charge in [0, 0.05) is 0 Å². The van der Waals surface area contributed by atoms with Crippen LogP contribution in [0, 0.1) is 0 Å². The Labute approximate surface area is 224 Å². The van der Waals surface area contributed by atoms with Gasteiger partial charge in [-0.3, -0.25) is 0 Å². The third-order valence-electron chi connectivity index (χ3n) is 13.8. The molecule has 6 aliphatic rings. The van der Waals surface area contributed by atoms with Gasteiger partial charge in [0.25, 0.3) is 0 Å². The van der Waals surface area contributed by atoms with Gasteiger partial charge in [-0.1, -0.05) is 0 Å². The summed E-state index contributed by atoms with van der Waals surface area (Å²) in [5, 5.41) is 0. The van der Waals surface area contributed by atoms with E-state index >= 15 is 0 Å². The Bertz CT molecular complexity index is 543. The molecule has 0 aromatic heterocycles. The zero-order valence-corrected chi connectivity index (χ0v) is 26.1. The molecule has 0 aromatic rings. The number of rotatable bonds is 8. The summed E-state index contributed by atoms with van der Waals surface area (Å²) in [5.74, 6) is 0. The van der Waals surface area contributed by atoms with Crippen LogP contribution in [0.2, 0.25) is 0 Å². The monoisotopic (exact) mass is 540 g/mol. The zero-order chi connectivity index (χ0) is 23.9. The second-order valence-electron chi connectivity index (χ2n) is 14.8. The van der Waals surface area contributed by atoms with Crippen LogP contribution in [0.25, 0.3) is 0 Å². The maximum absolute atomic E-state index is 8.99. The van der Waals surface area contributed by atoms with E-state index in [0.717, 1.165) is 34.0 Å². The van der Waals surface area contributed by atoms with Gasteiger partial charge in [-0.15, -0.1) is 0 Å². The average molecular weight is 541 g/mol. The van der Waals surface area contributed by atoms with E-state index in [1.165, 1.54) is 77.0 Å². The summed E-state index contributed by atoms with van der Waals surface area (Å²) in [6.07, 6.45) is 37.5. The number of alkyl halides is 1.